The van der Waals surface area contributed by atoms with Crippen LogP contribution in [0.15, 0.2) is 53.0 Å². The number of hydrogen-bond donors (Lipinski definition) is 0. The first-order chi connectivity index (χ1) is 11.4. The summed E-state index contributed by atoms with van der Waals surface area (Å²) in [5, 5.41) is 0. The molecule has 24 heavy (non-hydrogen) atoms. The number of Topliss-reactive ketones (excluding diaryl/α,β-unsaturated/α-hetero) is 1. The fourth-order valence-electron chi connectivity index (χ4n) is 1.99. The molecule has 0 saturated carbocycles. The fourth-order valence-corrected chi connectivity index (χ4v) is 2.26. The molecule has 0 aliphatic heterocycles. The first-order valence-electron chi connectivity index (χ1n) is 7.11. The standard InChI is InChI=1S/C18H15BrO5/c1-11(16(20)12-7-9-15(19)10-8-12)24-18(22)14-5-3-13(4-6-14)17(21)23-2/h3-11H,1-2H3. The molecule has 0 radical (unpaired) electrons. The van der Waals surface area contributed by atoms with Crippen molar-refractivity contribution < 1.29 is 23.9 Å². The average molecular weight is 391 g/mol. The molecule has 0 spiro atoms. The summed E-state index contributed by atoms with van der Waals surface area (Å²) in [6, 6.07) is 12.6. The molecule has 0 bridgehead atoms. The van der Waals surface area contributed by atoms with Crippen LogP contribution in [0, 0.1) is 0 Å². The van der Waals surface area contributed by atoms with E-state index in [1.165, 1.54) is 38.3 Å². The summed E-state index contributed by atoms with van der Waals surface area (Å²) >= 11 is 3.29. The SMILES string of the molecule is COC(=O)c1ccc(C(=O)OC(C)C(=O)c2ccc(Br)cc2)cc1. The molecule has 0 aliphatic rings. The lowest BCUT2D eigenvalue weighted by atomic mass is 10.1. The van der Waals surface area contributed by atoms with E-state index >= 15 is 0 Å². The molecule has 2 aromatic rings. The van der Waals surface area contributed by atoms with Gasteiger partial charge in [0.25, 0.3) is 0 Å². The lowest BCUT2D eigenvalue weighted by Gasteiger charge is -2.12. The number of methoxy groups -OCH3 is 1. The first-order valence-corrected chi connectivity index (χ1v) is 7.91. The molecule has 0 saturated heterocycles. The third kappa shape index (κ3) is 4.29. The van der Waals surface area contributed by atoms with Crippen molar-refractivity contribution in [3.05, 3.63) is 69.7 Å². The molecule has 0 aromatic heterocycles. The summed E-state index contributed by atoms with van der Waals surface area (Å²) in [5.74, 6) is -1.42. The Balaban J connectivity index is 2.04. The molecule has 5 nitrogen and oxygen atoms in total. The second-order valence-corrected chi connectivity index (χ2v) is 5.90. The van der Waals surface area contributed by atoms with Gasteiger partial charge in [0.1, 0.15) is 0 Å². The van der Waals surface area contributed by atoms with Gasteiger partial charge >= 0.3 is 11.9 Å². The largest absolute Gasteiger partial charge is 0.465 e. The van der Waals surface area contributed by atoms with Crippen LogP contribution >= 0.6 is 15.9 Å². The van der Waals surface area contributed by atoms with Gasteiger partial charge in [-0.25, -0.2) is 9.59 Å². The van der Waals surface area contributed by atoms with Crippen molar-refractivity contribution in [1.82, 2.24) is 0 Å². The highest BCUT2D eigenvalue weighted by Gasteiger charge is 2.20. The van der Waals surface area contributed by atoms with E-state index in [0.29, 0.717) is 11.1 Å². The average Bonchev–Trinajstić information content (AvgIpc) is 2.61. The third-order valence-corrected chi connectivity index (χ3v) is 3.85. The zero-order valence-electron chi connectivity index (χ0n) is 13.1. The number of carbonyl (C=O) groups is 3. The summed E-state index contributed by atoms with van der Waals surface area (Å²) in [5.41, 5.74) is 1.03. The zero-order chi connectivity index (χ0) is 17.7. The molecule has 0 fully saturated rings. The number of hydrogen-bond acceptors (Lipinski definition) is 5. The lowest BCUT2D eigenvalue weighted by Crippen LogP contribution is -2.24. The maximum atomic E-state index is 12.3. The fraction of sp³-hybridized carbons (Fsp3) is 0.167. The molecule has 1 atom stereocenters. The molecule has 1 unspecified atom stereocenters. The highest BCUT2D eigenvalue weighted by molar-refractivity contribution is 9.10. The molecule has 2 aromatic carbocycles. The maximum Gasteiger partial charge on any atom is 0.338 e. The van der Waals surface area contributed by atoms with Crippen molar-refractivity contribution in [2.75, 3.05) is 7.11 Å². The number of halogens is 1. The van der Waals surface area contributed by atoms with Crippen LogP contribution in [-0.4, -0.2) is 30.9 Å². The Morgan fingerprint density at radius 1 is 0.833 bits per heavy atom. The van der Waals surface area contributed by atoms with E-state index in [0.717, 1.165) is 4.47 Å². The summed E-state index contributed by atoms with van der Waals surface area (Å²) in [6.45, 7) is 1.52. The Hall–Kier alpha value is -2.47. The van der Waals surface area contributed by atoms with Crippen molar-refractivity contribution >= 4 is 33.7 Å². The van der Waals surface area contributed by atoms with E-state index in [4.69, 9.17) is 4.74 Å². The number of carbonyl (C=O) groups excluding carboxylic acids is 3. The molecule has 0 amide bonds. The smallest absolute Gasteiger partial charge is 0.338 e. The van der Waals surface area contributed by atoms with Crippen LogP contribution < -0.4 is 0 Å². The van der Waals surface area contributed by atoms with Crippen molar-refractivity contribution in [3.8, 4) is 0 Å². The second-order valence-electron chi connectivity index (χ2n) is 4.99. The van der Waals surface area contributed by atoms with Crippen molar-refractivity contribution in [2.45, 2.75) is 13.0 Å². The van der Waals surface area contributed by atoms with Crippen LogP contribution in [0.3, 0.4) is 0 Å². The predicted molar refractivity (Wildman–Crippen MR) is 91.1 cm³/mol. The van der Waals surface area contributed by atoms with E-state index < -0.39 is 18.0 Å². The Morgan fingerprint density at radius 2 is 1.29 bits per heavy atom. The maximum absolute atomic E-state index is 12.3. The topological polar surface area (TPSA) is 69.7 Å². The highest BCUT2D eigenvalue weighted by Crippen LogP contribution is 2.14. The highest BCUT2D eigenvalue weighted by atomic mass is 79.9. The van der Waals surface area contributed by atoms with Crippen molar-refractivity contribution in [3.63, 3.8) is 0 Å². The molecule has 2 rings (SSSR count). The van der Waals surface area contributed by atoms with Gasteiger partial charge in [0.15, 0.2) is 6.10 Å². The minimum absolute atomic E-state index is 0.248. The van der Waals surface area contributed by atoms with Gasteiger partial charge in [0, 0.05) is 10.0 Å². The Bertz CT molecular complexity index is 750. The van der Waals surface area contributed by atoms with Crippen LogP contribution in [0.25, 0.3) is 0 Å². The van der Waals surface area contributed by atoms with Crippen LogP contribution in [0.2, 0.25) is 0 Å². The number of rotatable bonds is 5. The molecular formula is C18H15BrO5. The summed E-state index contributed by atoms with van der Waals surface area (Å²) in [4.78, 5) is 35.7. The van der Waals surface area contributed by atoms with Gasteiger partial charge in [-0.3, -0.25) is 4.79 Å². The number of benzene rings is 2. The van der Waals surface area contributed by atoms with E-state index in [-0.39, 0.29) is 11.3 Å². The van der Waals surface area contributed by atoms with Gasteiger partial charge in [0.05, 0.1) is 18.2 Å². The minimum atomic E-state index is -0.918. The van der Waals surface area contributed by atoms with Crippen LogP contribution in [0.4, 0.5) is 0 Å². The quantitative estimate of drug-likeness (QED) is 0.575. The van der Waals surface area contributed by atoms with Crippen LogP contribution in [0.5, 0.6) is 0 Å². The lowest BCUT2D eigenvalue weighted by molar-refractivity contribution is 0.0318. The van der Waals surface area contributed by atoms with Gasteiger partial charge in [-0.05, 0) is 43.3 Å². The van der Waals surface area contributed by atoms with E-state index in [1.54, 1.807) is 24.3 Å². The number of ketones is 1. The first kappa shape index (κ1) is 17.9. The number of esters is 2. The van der Waals surface area contributed by atoms with Gasteiger partial charge in [0.2, 0.25) is 5.78 Å². The Labute approximate surface area is 147 Å². The molecule has 0 N–H and O–H groups in total. The van der Waals surface area contributed by atoms with Gasteiger partial charge in [-0.1, -0.05) is 28.1 Å². The Kier molecular flexibility index (Phi) is 5.87. The molecular weight excluding hydrogens is 376 g/mol. The summed E-state index contributed by atoms with van der Waals surface area (Å²) < 4.78 is 10.6. The second kappa shape index (κ2) is 7.88. The van der Waals surface area contributed by atoms with Gasteiger partial charge in [-0.15, -0.1) is 0 Å². The molecule has 0 heterocycles. The summed E-state index contributed by atoms with van der Waals surface area (Å²) in [6.07, 6.45) is -0.918. The van der Waals surface area contributed by atoms with Gasteiger partial charge < -0.3 is 9.47 Å². The summed E-state index contributed by atoms with van der Waals surface area (Å²) in [7, 11) is 1.28. The molecule has 124 valence electrons. The van der Waals surface area contributed by atoms with E-state index in [9.17, 15) is 14.4 Å². The van der Waals surface area contributed by atoms with E-state index in [2.05, 4.69) is 20.7 Å². The van der Waals surface area contributed by atoms with Crippen LogP contribution in [-0.2, 0) is 9.47 Å². The third-order valence-electron chi connectivity index (χ3n) is 3.32. The normalized spacial score (nSPS) is 11.5. The molecule has 6 heteroatoms. The number of ether oxygens (including phenoxy) is 2. The minimum Gasteiger partial charge on any atom is -0.465 e. The zero-order valence-corrected chi connectivity index (χ0v) is 14.7. The Morgan fingerprint density at radius 3 is 1.79 bits per heavy atom. The van der Waals surface area contributed by atoms with Gasteiger partial charge in [-0.2, -0.15) is 0 Å². The van der Waals surface area contributed by atoms with Crippen molar-refractivity contribution in [1.29, 1.82) is 0 Å². The van der Waals surface area contributed by atoms with E-state index in [1.807, 2.05) is 0 Å². The monoisotopic (exact) mass is 390 g/mol. The molecule has 0 aliphatic carbocycles. The predicted octanol–water partition coefficient (Wildman–Crippen LogP) is 3.66. The van der Waals surface area contributed by atoms with Crippen LogP contribution in [0.1, 0.15) is 38.0 Å². The van der Waals surface area contributed by atoms with Crippen molar-refractivity contribution in [2.24, 2.45) is 0 Å².